The molecule has 2 N–H and O–H groups in total. The van der Waals surface area contributed by atoms with Crippen LogP contribution in [-0.2, 0) is 14.6 Å². The summed E-state index contributed by atoms with van der Waals surface area (Å²) in [5.74, 6) is -0.353. The Morgan fingerprint density at radius 3 is 2.68 bits per heavy atom. The smallest absolute Gasteiger partial charge is 0.258 e. The highest BCUT2D eigenvalue weighted by atomic mass is 32.2. The molecular formula is C14H18N2O5S. The second kappa shape index (κ2) is 6.78. The first-order valence-electron chi connectivity index (χ1n) is 6.85. The van der Waals surface area contributed by atoms with E-state index in [1.807, 2.05) is 0 Å². The highest BCUT2D eigenvalue weighted by molar-refractivity contribution is 7.91. The number of amides is 2. The number of carbonyl (C=O) groups is 2. The van der Waals surface area contributed by atoms with Gasteiger partial charge in [-0.1, -0.05) is 12.1 Å². The predicted molar refractivity (Wildman–Crippen MR) is 80.5 cm³/mol. The Kier molecular flexibility index (Phi) is 5.02. The summed E-state index contributed by atoms with van der Waals surface area (Å²) >= 11 is 0. The molecule has 1 fully saturated rings. The van der Waals surface area contributed by atoms with Gasteiger partial charge in [0.15, 0.2) is 16.4 Å². The van der Waals surface area contributed by atoms with Crippen LogP contribution in [0.2, 0.25) is 0 Å². The molecule has 0 bridgehead atoms. The van der Waals surface area contributed by atoms with E-state index in [1.165, 1.54) is 7.05 Å². The summed E-state index contributed by atoms with van der Waals surface area (Å²) in [4.78, 5) is 23.5. The molecule has 2 amide bonds. The molecule has 1 saturated heterocycles. The second-order valence-electron chi connectivity index (χ2n) is 5.03. The van der Waals surface area contributed by atoms with Gasteiger partial charge in [0, 0.05) is 13.1 Å². The maximum absolute atomic E-state index is 11.8. The first kappa shape index (κ1) is 16.3. The lowest BCUT2D eigenvalue weighted by molar-refractivity contribution is -0.123. The molecular weight excluding hydrogens is 308 g/mol. The first-order valence-corrected chi connectivity index (χ1v) is 8.67. The molecule has 1 aliphatic heterocycles. The van der Waals surface area contributed by atoms with Gasteiger partial charge in [-0.15, -0.1) is 0 Å². The van der Waals surface area contributed by atoms with Crippen molar-refractivity contribution in [2.24, 2.45) is 0 Å². The van der Waals surface area contributed by atoms with E-state index in [4.69, 9.17) is 4.74 Å². The Hall–Kier alpha value is -2.09. The van der Waals surface area contributed by atoms with Gasteiger partial charge >= 0.3 is 0 Å². The van der Waals surface area contributed by atoms with E-state index < -0.39 is 15.7 Å². The molecule has 2 rings (SSSR count). The van der Waals surface area contributed by atoms with Crippen LogP contribution in [0.5, 0.6) is 5.75 Å². The Morgan fingerprint density at radius 2 is 2.05 bits per heavy atom. The number of sulfone groups is 1. The van der Waals surface area contributed by atoms with Crippen molar-refractivity contribution in [3.8, 4) is 5.75 Å². The van der Waals surface area contributed by atoms with E-state index in [0.29, 0.717) is 17.7 Å². The largest absolute Gasteiger partial charge is 0.483 e. The molecule has 1 aliphatic rings. The number of ether oxygens (including phenoxy) is 1. The van der Waals surface area contributed by atoms with Gasteiger partial charge in [-0.3, -0.25) is 9.59 Å². The van der Waals surface area contributed by atoms with Crippen molar-refractivity contribution < 1.29 is 22.7 Å². The van der Waals surface area contributed by atoms with Gasteiger partial charge in [0.25, 0.3) is 11.8 Å². The lowest BCUT2D eigenvalue weighted by Crippen LogP contribution is -2.38. The normalized spacial score (nSPS) is 19.4. The molecule has 22 heavy (non-hydrogen) atoms. The molecule has 0 spiro atoms. The summed E-state index contributed by atoms with van der Waals surface area (Å²) in [6, 6.07) is 6.22. The minimum atomic E-state index is -3.04. The summed E-state index contributed by atoms with van der Waals surface area (Å²) in [6.07, 6.45) is 0.420. The SMILES string of the molecule is CNC(=O)c1ccccc1OCC(=O)N[C@@H]1CCS(=O)(=O)C1. The maximum Gasteiger partial charge on any atom is 0.258 e. The molecule has 0 saturated carbocycles. The molecule has 1 aromatic carbocycles. The standard InChI is InChI=1S/C14H18N2O5S/c1-15-14(18)11-4-2-3-5-12(11)21-8-13(17)16-10-6-7-22(19,20)9-10/h2-5,10H,6-9H2,1H3,(H,15,18)(H,16,17)/t10-/m1/s1. The van der Waals surface area contributed by atoms with Crippen molar-refractivity contribution in [2.75, 3.05) is 25.2 Å². The zero-order chi connectivity index (χ0) is 16.2. The number of nitrogens with one attached hydrogen (secondary N) is 2. The number of rotatable bonds is 5. The van der Waals surface area contributed by atoms with Crippen LogP contribution in [0.1, 0.15) is 16.8 Å². The fourth-order valence-electron chi connectivity index (χ4n) is 2.24. The van der Waals surface area contributed by atoms with Gasteiger partial charge in [-0.25, -0.2) is 8.42 Å². The van der Waals surface area contributed by atoms with Gasteiger partial charge in [-0.2, -0.15) is 0 Å². The number of hydrogen-bond donors (Lipinski definition) is 2. The average Bonchev–Trinajstić information content (AvgIpc) is 2.83. The van der Waals surface area contributed by atoms with Gasteiger partial charge in [0.2, 0.25) is 0 Å². The zero-order valence-electron chi connectivity index (χ0n) is 12.2. The molecule has 8 heteroatoms. The number of carbonyl (C=O) groups excluding carboxylic acids is 2. The fraction of sp³-hybridized carbons (Fsp3) is 0.429. The Balaban J connectivity index is 1.91. The van der Waals surface area contributed by atoms with Crippen LogP contribution in [0.25, 0.3) is 0 Å². The molecule has 7 nitrogen and oxygen atoms in total. The van der Waals surface area contributed by atoms with Gasteiger partial charge in [0.1, 0.15) is 5.75 Å². The topological polar surface area (TPSA) is 102 Å². The molecule has 1 atom stereocenters. The summed E-state index contributed by atoms with van der Waals surface area (Å²) in [6.45, 7) is -0.273. The molecule has 120 valence electrons. The summed E-state index contributed by atoms with van der Waals surface area (Å²) in [5, 5.41) is 5.11. The third-order valence-corrected chi connectivity index (χ3v) is 5.08. The minimum Gasteiger partial charge on any atom is -0.483 e. The third-order valence-electron chi connectivity index (χ3n) is 3.32. The molecule has 0 aromatic heterocycles. The van der Waals surface area contributed by atoms with Gasteiger partial charge < -0.3 is 15.4 Å². The fourth-order valence-corrected chi connectivity index (χ4v) is 3.91. The van der Waals surface area contributed by atoms with E-state index in [1.54, 1.807) is 24.3 Å². The van der Waals surface area contributed by atoms with Crippen molar-refractivity contribution >= 4 is 21.7 Å². The van der Waals surface area contributed by atoms with Crippen molar-refractivity contribution in [3.05, 3.63) is 29.8 Å². The van der Waals surface area contributed by atoms with E-state index in [0.717, 1.165) is 0 Å². The predicted octanol–water partition coefficient (Wildman–Crippen LogP) is -0.272. The van der Waals surface area contributed by atoms with Gasteiger partial charge in [0.05, 0.1) is 17.1 Å². The van der Waals surface area contributed by atoms with Crippen LogP contribution < -0.4 is 15.4 Å². The average molecular weight is 326 g/mol. The van der Waals surface area contributed by atoms with E-state index >= 15 is 0 Å². The number of benzene rings is 1. The van der Waals surface area contributed by atoms with Crippen LogP contribution in [0.3, 0.4) is 0 Å². The Morgan fingerprint density at radius 1 is 1.32 bits per heavy atom. The van der Waals surface area contributed by atoms with Crippen molar-refractivity contribution in [1.82, 2.24) is 10.6 Å². The molecule has 0 radical (unpaired) electrons. The molecule has 0 aliphatic carbocycles. The Labute approximate surface area is 129 Å². The van der Waals surface area contributed by atoms with Crippen LogP contribution in [0.15, 0.2) is 24.3 Å². The lowest BCUT2D eigenvalue weighted by atomic mass is 10.2. The number of para-hydroxylation sites is 1. The van der Waals surface area contributed by atoms with E-state index in [-0.39, 0.29) is 30.1 Å². The van der Waals surface area contributed by atoms with Crippen molar-refractivity contribution in [2.45, 2.75) is 12.5 Å². The van der Waals surface area contributed by atoms with Gasteiger partial charge in [-0.05, 0) is 18.6 Å². The lowest BCUT2D eigenvalue weighted by Gasteiger charge is -2.13. The highest BCUT2D eigenvalue weighted by Crippen LogP contribution is 2.17. The molecule has 1 aromatic rings. The van der Waals surface area contributed by atoms with E-state index in [2.05, 4.69) is 10.6 Å². The Bertz CT molecular complexity index is 672. The quantitative estimate of drug-likeness (QED) is 0.775. The maximum atomic E-state index is 11.8. The van der Waals surface area contributed by atoms with E-state index in [9.17, 15) is 18.0 Å². The van der Waals surface area contributed by atoms with Crippen molar-refractivity contribution in [1.29, 1.82) is 0 Å². The summed E-state index contributed by atoms with van der Waals surface area (Å²) in [7, 11) is -1.53. The molecule has 1 heterocycles. The molecule has 0 unspecified atom stereocenters. The van der Waals surface area contributed by atoms with Crippen LogP contribution in [-0.4, -0.2) is 51.4 Å². The zero-order valence-corrected chi connectivity index (χ0v) is 13.0. The van der Waals surface area contributed by atoms with Crippen LogP contribution in [0.4, 0.5) is 0 Å². The van der Waals surface area contributed by atoms with Crippen LogP contribution in [0, 0.1) is 0 Å². The summed E-state index contributed by atoms with van der Waals surface area (Å²) < 4.78 is 28.0. The van der Waals surface area contributed by atoms with Crippen molar-refractivity contribution in [3.63, 3.8) is 0 Å². The second-order valence-corrected chi connectivity index (χ2v) is 7.26. The van der Waals surface area contributed by atoms with Crippen LogP contribution >= 0.6 is 0 Å². The summed E-state index contributed by atoms with van der Waals surface area (Å²) in [5.41, 5.74) is 0.334. The number of hydrogen-bond acceptors (Lipinski definition) is 5. The highest BCUT2D eigenvalue weighted by Gasteiger charge is 2.28. The monoisotopic (exact) mass is 326 g/mol. The first-order chi connectivity index (χ1) is 10.4. The third kappa shape index (κ3) is 4.20. The minimum absolute atomic E-state index is 0.0342.